The lowest BCUT2D eigenvalue weighted by atomic mass is 9.74. The number of allylic oxidation sites excluding steroid dienone is 1. The Hall–Kier alpha value is -0.260. The Morgan fingerprint density at radius 2 is 1.59 bits per heavy atom. The maximum Gasteiger partial charge on any atom is -0.0269 e. The summed E-state index contributed by atoms with van der Waals surface area (Å²) in [6.07, 6.45) is 7.57. The SMILES string of the molecule is C=C(CC)CC(C)(CCC)CC(C)C.CCC. The fraction of sp³-hybridized carbons (Fsp3) is 0.882. The first-order valence-electron chi connectivity index (χ1n) is 7.51. The van der Waals surface area contributed by atoms with E-state index in [1.54, 1.807) is 0 Å². The van der Waals surface area contributed by atoms with Crippen molar-refractivity contribution >= 4 is 0 Å². The lowest BCUT2D eigenvalue weighted by Crippen LogP contribution is -2.19. The number of rotatable bonds is 7. The molecule has 0 nitrogen and oxygen atoms in total. The van der Waals surface area contributed by atoms with Gasteiger partial charge in [-0.25, -0.2) is 0 Å². The van der Waals surface area contributed by atoms with Crippen molar-refractivity contribution in [2.45, 2.75) is 87.0 Å². The van der Waals surface area contributed by atoms with Gasteiger partial charge >= 0.3 is 0 Å². The predicted molar refractivity (Wildman–Crippen MR) is 82.5 cm³/mol. The van der Waals surface area contributed by atoms with Gasteiger partial charge in [-0.05, 0) is 37.0 Å². The highest BCUT2D eigenvalue weighted by Gasteiger charge is 2.24. The third kappa shape index (κ3) is 12.0. The van der Waals surface area contributed by atoms with E-state index in [0.29, 0.717) is 5.41 Å². The van der Waals surface area contributed by atoms with E-state index in [9.17, 15) is 0 Å². The Labute approximate surface area is 111 Å². The molecular weight excluding hydrogens is 204 g/mol. The van der Waals surface area contributed by atoms with Crippen LogP contribution in [0.15, 0.2) is 12.2 Å². The summed E-state index contributed by atoms with van der Waals surface area (Å²) in [5, 5.41) is 0. The minimum atomic E-state index is 0.496. The molecule has 1 unspecified atom stereocenters. The lowest BCUT2D eigenvalue weighted by molar-refractivity contribution is 0.230. The van der Waals surface area contributed by atoms with Gasteiger partial charge in [-0.3, -0.25) is 0 Å². The molecule has 0 aromatic rings. The van der Waals surface area contributed by atoms with Crippen molar-refractivity contribution in [2.75, 3.05) is 0 Å². The van der Waals surface area contributed by atoms with Gasteiger partial charge in [-0.1, -0.05) is 73.5 Å². The van der Waals surface area contributed by atoms with Gasteiger partial charge in [-0.15, -0.1) is 0 Å². The zero-order valence-electron chi connectivity index (χ0n) is 13.5. The molecule has 0 N–H and O–H groups in total. The highest BCUT2D eigenvalue weighted by Crippen LogP contribution is 2.37. The summed E-state index contributed by atoms with van der Waals surface area (Å²) in [7, 11) is 0. The zero-order chi connectivity index (χ0) is 13.9. The van der Waals surface area contributed by atoms with E-state index < -0.39 is 0 Å². The molecule has 0 spiro atoms. The molecule has 0 rings (SSSR count). The Morgan fingerprint density at radius 1 is 1.12 bits per heavy atom. The molecule has 0 heteroatoms. The van der Waals surface area contributed by atoms with Gasteiger partial charge in [0, 0.05) is 0 Å². The molecule has 0 saturated heterocycles. The molecule has 0 bridgehead atoms. The van der Waals surface area contributed by atoms with Crippen molar-refractivity contribution in [3.05, 3.63) is 12.2 Å². The van der Waals surface area contributed by atoms with Crippen LogP contribution in [-0.2, 0) is 0 Å². The van der Waals surface area contributed by atoms with Crippen LogP contribution in [0.1, 0.15) is 87.0 Å². The molecule has 0 saturated carbocycles. The van der Waals surface area contributed by atoms with Crippen molar-refractivity contribution in [3.8, 4) is 0 Å². The second-order valence-corrected chi connectivity index (χ2v) is 6.15. The summed E-state index contributed by atoms with van der Waals surface area (Å²) >= 11 is 0. The summed E-state index contributed by atoms with van der Waals surface area (Å²) in [5.41, 5.74) is 1.91. The average molecular weight is 240 g/mol. The van der Waals surface area contributed by atoms with Gasteiger partial charge in [0.25, 0.3) is 0 Å². The first-order valence-corrected chi connectivity index (χ1v) is 7.51. The summed E-state index contributed by atoms with van der Waals surface area (Å²) in [4.78, 5) is 0. The first kappa shape index (κ1) is 19.1. The molecule has 0 radical (unpaired) electrons. The quantitative estimate of drug-likeness (QED) is 0.439. The van der Waals surface area contributed by atoms with Crippen LogP contribution in [0.3, 0.4) is 0 Å². The predicted octanol–water partition coefficient (Wildman–Crippen LogP) is 6.61. The Balaban J connectivity index is 0. The van der Waals surface area contributed by atoms with Crippen LogP contribution in [0.25, 0.3) is 0 Å². The summed E-state index contributed by atoms with van der Waals surface area (Å²) < 4.78 is 0. The Kier molecular flexibility index (Phi) is 12.2. The molecule has 17 heavy (non-hydrogen) atoms. The fourth-order valence-electron chi connectivity index (χ4n) is 2.58. The molecule has 0 amide bonds. The summed E-state index contributed by atoms with van der Waals surface area (Å²) in [6.45, 7) is 20.0. The van der Waals surface area contributed by atoms with Crippen molar-refractivity contribution in [2.24, 2.45) is 11.3 Å². The summed E-state index contributed by atoms with van der Waals surface area (Å²) in [5.74, 6) is 0.802. The van der Waals surface area contributed by atoms with Crippen molar-refractivity contribution in [1.82, 2.24) is 0 Å². The van der Waals surface area contributed by atoms with Gasteiger partial charge in [0.05, 0.1) is 0 Å². The average Bonchev–Trinajstić information content (AvgIpc) is 2.17. The Bertz CT molecular complexity index is 178. The molecule has 104 valence electrons. The van der Waals surface area contributed by atoms with E-state index in [1.807, 2.05) is 0 Å². The summed E-state index contributed by atoms with van der Waals surface area (Å²) in [6, 6.07) is 0. The van der Waals surface area contributed by atoms with Gasteiger partial charge in [0.2, 0.25) is 0 Å². The fourth-order valence-corrected chi connectivity index (χ4v) is 2.58. The van der Waals surface area contributed by atoms with E-state index in [-0.39, 0.29) is 0 Å². The van der Waals surface area contributed by atoms with Gasteiger partial charge < -0.3 is 0 Å². The number of hydrogen-bond donors (Lipinski definition) is 0. The third-order valence-electron chi connectivity index (χ3n) is 2.93. The van der Waals surface area contributed by atoms with E-state index in [2.05, 4.69) is 55.0 Å². The lowest BCUT2D eigenvalue weighted by Gasteiger charge is -2.32. The molecule has 0 aliphatic heterocycles. The normalized spacial score (nSPS) is 13.9. The molecule has 1 atom stereocenters. The van der Waals surface area contributed by atoms with Crippen LogP contribution in [0.5, 0.6) is 0 Å². The topological polar surface area (TPSA) is 0 Å². The highest BCUT2D eigenvalue weighted by atomic mass is 14.3. The molecule has 0 heterocycles. The van der Waals surface area contributed by atoms with Crippen molar-refractivity contribution in [1.29, 1.82) is 0 Å². The maximum atomic E-state index is 4.15. The van der Waals surface area contributed by atoms with Crippen LogP contribution in [0.4, 0.5) is 0 Å². The molecular formula is C17H36. The number of hydrogen-bond acceptors (Lipinski definition) is 0. The van der Waals surface area contributed by atoms with Crippen LogP contribution < -0.4 is 0 Å². The standard InChI is InChI=1S/C14H28.C3H8/c1-7-9-14(6,10-12(3)4)11-13(5)8-2;1-3-2/h12H,5,7-11H2,1-4,6H3;3H2,1-2H3. The van der Waals surface area contributed by atoms with Crippen LogP contribution >= 0.6 is 0 Å². The minimum Gasteiger partial charge on any atom is -0.0999 e. The largest absolute Gasteiger partial charge is 0.0999 e. The van der Waals surface area contributed by atoms with Gasteiger partial charge in [0.1, 0.15) is 0 Å². The second-order valence-electron chi connectivity index (χ2n) is 6.15. The maximum absolute atomic E-state index is 4.15. The van der Waals surface area contributed by atoms with E-state index in [0.717, 1.165) is 12.3 Å². The molecule has 0 aromatic heterocycles. The third-order valence-corrected chi connectivity index (χ3v) is 2.93. The van der Waals surface area contributed by atoms with Gasteiger partial charge in [0.15, 0.2) is 0 Å². The zero-order valence-corrected chi connectivity index (χ0v) is 13.5. The smallest absolute Gasteiger partial charge is 0.0269 e. The van der Waals surface area contributed by atoms with Crippen LogP contribution in [0, 0.1) is 11.3 Å². The van der Waals surface area contributed by atoms with Crippen LogP contribution in [0.2, 0.25) is 0 Å². The molecule has 0 aliphatic rings. The first-order chi connectivity index (χ1) is 7.85. The Morgan fingerprint density at radius 3 is 1.88 bits per heavy atom. The van der Waals surface area contributed by atoms with Gasteiger partial charge in [-0.2, -0.15) is 0 Å². The second kappa shape index (κ2) is 10.9. The monoisotopic (exact) mass is 240 g/mol. The van der Waals surface area contributed by atoms with Crippen molar-refractivity contribution < 1.29 is 0 Å². The van der Waals surface area contributed by atoms with E-state index in [4.69, 9.17) is 0 Å². The van der Waals surface area contributed by atoms with Crippen LogP contribution in [-0.4, -0.2) is 0 Å². The minimum absolute atomic E-state index is 0.496. The highest BCUT2D eigenvalue weighted by molar-refractivity contribution is 4.98. The molecule has 0 aliphatic carbocycles. The van der Waals surface area contributed by atoms with E-state index >= 15 is 0 Å². The van der Waals surface area contributed by atoms with Crippen molar-refractivity contribution in [3.63, 3.8) is 0 Å². The molecule has 0 fully saturated rings. The molecule has 0 aromatic carbocycles. The van der Waals surface area contributed by atoms with E-state index in [1.165, 1.54) is 37.7 Å².